The van der Waals surface area contributed by atoms with E-state index in [-0.39, 0.29) is 5.41 Å². The van der Waals surface area contributed by atoms with E-state index in [9.17, 15) is 0 Å². The maximum Gasteiger partial charge on any atom is 0.123 e. The molecule has 2 fully saturated rings. The van der Waals surface area contributed by atoms with Gasteiger partial charge in [-0.1, -0.05) is 12.1 Å². The molecule has 3 nitrogen and oxygen atoms in total. The van der Waals surface area contributed by atoms with Crippen molar-refractivity contribution in [2.45, 2.75) is 37.0 Å². The number of hydrogen-bond donors (Lipinski definition) is 2. The summed E-state index contributed by atoms with van der Waals surface area (Å²) in [6, 6.07) is 7.04. The molecule has 0 aromatic heterocycles. The zero-order chi connectivity index (χ0) is 13.4. The molecule has 108 valence electrons. The minimum absolute atomic E-state index is 0.250. The van der Waals surface area contributed by atoms with Crippen LogP contribution >= 0.6 is 0 Å². The van der Waals surface area contributed by atoms with E-state index in [4.69, 9.17) is 4.74 Å². The molecule has 20 heavy (non-hydrogen) atoms. The number of ether oxygens (including phenoxy) is 1. The summed E-state index contributed by atoms with van der Waals surface area (Å²) in [7, 11) is 0. The fraction of sp³-hybridized carbons (Fsp3) is 0.647. The predicted octanol–water partition coefficient (Wildman–Crippen LogP) is 2.17. The third-order valence-corrected chi connectivity index (χ3v) is 5.36. The van der Waals surface area contributed by atoms with Gasteiger partial charge in [0.2, 0.25) is 0 Å². The van der Waals surface area contributed by atoms with E-state index < -0.39 is 0 Å². The molecule has 3 heterocycles. The summed E-state index contributed by atoms with van der Waals surface area (Å²) in [5, 5.41) is 6.99. The lowest BCUT2D eigenvalue weighted by Crippen LogP contribution is -2.44. The van der Waals surface area contributed by atoms with Crippen molar-refractivity contribution in [3.8, 4) is 5.75 Å². The summed E-state index contributed by atoms with van der Waals surface area (Å²) >= 11 is 0. The number of rotatable bonds is 1. The molecule has 3 aliphatic rings. The lowest BCUT2D eigenvalue weighted by Gasteiger charge is -2.32. The summed E-state index contributed by atoms with van der Waals surface area (Å²) in [5.74, 6) is 1.87. The smallest absolute Gasteiger partial charge is 0.123 e. The Morgan fingerprint density at radius 3 is 2.80 bits per heavy atom. The largest absolute Gasteiger partial charge is 0.492 e. The monoisotopic (exact) mass is 272 g/mol. The van der Waals surface area contributed by atoms with Crippen molar-refractivity contribution in [1.29, 1.82) is 0 Å². The van der Waals surface area contributed by atoms with Gasteiger partial charge < -0.3 is 15.4 Å². The second-order valence-corrected chi connectivity index (χ2v) is 6.63. The van der Waals surface area contributed by atoms with Crippen LogP contribution in [0.1, 0.15) is 42.7 Å². The fourth-order valence-corrected chi connectivity index (χ4v) is 4.12. The first-order valence-corrected chi connectivity index (χ1v) is 8.06. The lowest BCUT2D eigenvalue weighted by atomic mass is 9.76. The molecule has 2 N–H and O–H groups in total. The van der Waals surface area contributed by atoms with Crippen LogP contribution in [0.3, 0.4) is 0 Å². The van der Waals surface area contributed by atoms with E-state index in [1.54, 1.807) is 0 Å². The van der Waals surface area contributed by atoms with Crippen molar-refractivity contribution in [1.82, 2.24) is 10.6 Å². The summed E-state index contributed by atoms with van der Waals surface area (Å²) < 4.78 is 6.07. The van der Waals surface area contributed by atoms with Crippen LogP contribution in [0.25, 0.3) is 0 Å². The van der Waals surface area contributed by atoms with Crippen molar-refractivity contribution < 1.29 is 4.74 Å². The van der Waals surface area contributed by atoms with E-state index in [1.807, 2.05) is 0 Å². The van der Waals surface area contributed by atoms with Gasteiger partial charge in [-0.15, -0.1) is 0 Å². The van der Waals surface area contributed by atoms with Gasteiger partial charge >= 0.3 is 0 Å². The lowest BCUT2D eigenvalue weighted by molar-refractivity contribution is 0.224. The van der Waals surface area contributed by atoms with Crippen LogP contribution in [0, 0.1) is 0 Å². The van der Waals surface area contributed by atoms with Crippen molar-refractivity contribution in [3.63, 3.8) is 0 Å². The van der Waals surface area contributed by atoms with E-state index in [0.717, 1.165) is 38.5 Å². The van der Waals surface area contributed by atoms with Gasteiger partial charge in [0, 0.05) is 17.5 Å². The van der Waals surface area contributed by atoms with Crippen LogP contribution in [-0.2, 0) is 5.41 Å². The van der Waals surface area contributed by atoms with Gasteiger partial charge in [-0.05, 0) is 62.9 Å². The van der Waals surface area contributed by atoms with Gasteiger partial charge in [-0.25, -0.2) is 0 Å². The zero-order valence-electron chi connectivity index (χ0n) is 12.1. The Labute approximate surface area is 121 Å². The van der Waals surface area contributed by atoms with Crippen molar-refractivity contribution in [2.75, 3.05) is 32.8 Å². The van der Waals surface area contributed by atoms with Crippen LogP contribution in [0.5, 0.6) is 5.75 Å². The molecule has 1 spiro atoms. The number of hydrogen-bond acceptors (Lipinski definition) is 3. The molecule has 2 saturated heterocycles. The van der Waals surface area contributed by atoms with E-state index in [2.05, 4.69) is 28.8 Å². The van der Waals surface area contributed by atoms with Crippen molar-refractivity contribution >= 4 is 0 Å². The molecular weight excluding hydrogens is 248 g/mol. The number of piperidine rings is 2. The predicted molar refractivity (Wildman–Crippen MR) is 80.6 cm³/mol. The van der Waals surface area contributed by atoms with E-state index in [1.165, 1.54) is 36.8 Å². The Morgan fingerprint density at radius 2 is 2.00 bits per heavy atom. The fourth-order valence-electron chi connectivity index (χ4n) is 4.12. The quantitative estimate of drug-likeness (QED) is 0.822. The molecule has 0 aliphatic carbocycles. The van der Waals surface area contributed by atoms with Gasteiger partial charge in [0.05, 0.1) is 6.61 Å². The topological polar surface area (TPSA) is 33.3 Å². The maximum atomic E-state index is 6.07. The molecule has 1 aromatic carbocycles. The van der Waals surface area contributed by atoms with Gasteiger partial charge in [0.15, 0.2) is 0 Å². The third kappa shape index (κ3) is 2.04. The first-order chi connectivity index (χ1) is 9.87. The second kappa shape index (κ2) is 5.05. The van der Waals surface area contributed by atoms with E-state index >= 15 is 0 Å². The van der Waals surface area contributed by atoms with Crippen molar-refractivity contribution in [2.24, 2.45) is 0 Å². The normalized spacial score (nSPS) is 30.2. The summed E-state index contributed by atoms with van der Waals surface area (Å²) in [5.41, 5.74) is 3.17. The molecule has 1 atom stereocenters. The van der Waals surface area contributed by atoms with Gasteiger partial charge in [0.25, 0.3) is 0 Å². The Balaban J connectivity index is 1.62. The van der Waals surface area contributed by atoms with Crippen LogP contribution in [0.2, 0.25) is 0 Å². The van der Waals surface area contributed by atoms with Crippen LogP contribution in [0.4, 0.5) is 0 Å². The third-order valence-electron chi connectivity index (χ3n) is 5.36. The molecule has 0 radical (unpaired) electrons. The minimum Gasteiger partial charge on any atom is -0.492 e. The highest BCUT2D eigenvalue weighted by atomic mass is 16.5. The van der Waals surface area contributed by atoms with Crippen LogP contribution < -0.4 is 15.4 Å². The summed E-state index contributed by atoms with van der Waals surface area (Å²) in [4.78, 5) is 0. The van der Waals surface area contributed by atoms with E-state index in [0.29, 0.717) is 5.92 Å². The molecule has 0 saturated carbocycles. The van der Waals surface area contributed by atoms with Gasteiger partial charge in [-0.2, -0.15) is 0 Å². The second-order valence-electron chi connectivity index (χ2n) is 6.63. The molecule has 3 heteroatoms. The first-order valence-electron chi connectivity index (χ1n) is 8.06. The molecular formula is C17H24N2O. The molecule has 0 bridgehead atoms. The molecule has 0 amide bonds. The molecule has 3 aliphatic heterocycles. The molecule has 1 aromatic rings. The standard InChI is InChI=1S/C17H24N2O/c1-6-17(11-19-7-1)12-20-16-10-14(2-3-15(16)17)13-4-8-18-9-5-13/h2-3,10,13,18-19H,1,4-9,11-12H2. The zero-order valence-corrected chi connectivity index (χ0v) is 12.1. The first kappa shape index (κ1) is 12.7. The highest BCUT2D eigenvalue weighted by Crippen LogP contribution is 2.44. The Kier molecular flexibility index (Phi) is 3.20. The Bertz CT molecular complexity index is 488. The van der Waals surface area contributed by atoms with Crippen LogP contribution in [-0.4, -0.2) is 32.8 Å². The SMILES string of the molecule is c1cc2c(cc1C1CCNCC1)OCC21CCCNC1. The highest BCUT2D eigenvalue weighted by molar-refractivity contribution is 5.47. The highest BCUT2D eigenvalue weighted by Gasteiger charge is 2.41. The average Bonchev–Trinajstić information content (AvgIpc) is 2.87. The number of fused-ring (bicyclic) bond motifs is 2. The Hall–Kier alpha value is -1.06. The minimum atomic E-state index is 0.250. The van der Waals surface area contributed by atoms with Crippen LogP contribution in [0.15, 0.2) is 18.2 Å². The van der Waals surface area contributed by atoms with Crippen molar-refractivity contribution in [3.05, 3.63) is 29.3 Å². The number of benzene rings is 1. The molecule has 4 rings (SSSR count). The summed E-state index contributed by atoms with van der Waals surface area (Å²) in [6.07, 6.45) is 5.04. The van der Waals surface area contributed by atoms with Gasteiger partial charge in [-0.3, -0.25) is 0 Å². The Morgan fingerprint density at radius 1 is 1.10 bits per heavy atom. The number of nitrogens with one attached hydrogen (secondary N) is 2. The summed E-state index contributed by atoms with van der Waals surface area (Å²) in [6.45, 7) is 5.40. The molecule has 1 unspecified atom stereocenters. The maximum absolute atomic E-state index is 6.07. The average molecular weight is 272 g/mol. The van der Waals surface area contributed by atoms with Gasteiger partial charge in [0.1, 0.15) is 5.75 Å².